The third-order valence-electron chi connectivity index (χ3n) is 1.95. The summed E-state index contributed by atoms with van der Waals surface area (Å²) in [6.07, 6.45) is 0. The maximum atomic E-state index is 11.3. The topological polar surface area (TPSA) is 90.6 Å². The number of carbonyl (C=O) groups excluding carboxylic acids is 2. The van der Waals surface area contributed by atoms with Crippen LogP contribution in [0.25, 0.3) is 0 Å². The number of esters is 1. The molecule has 1 rings (SSSR count). The second kappa shape index (κ2) is 7.16. The number of ether oxygens (including phenoxy) is 2. The number of hydrogen-bond donors (Lipinski definition) is 2. The number of hydrogen-bond acceptors (Lipinski definition) is 5. The van der Waals surface area contributed by atoms with E-state index >= 15 is 0 Å². The highest BCUT2D eigenvalue weighted by molar-refractivity contribution is 5.80. The van der Waals surface area contributed by atoms with Crippen LogP contribution in [-0.2, 0) is 14.3 Å². The number of carbonyl (C=O) groups is 2. The number of likely N-dealkylation sites (N-methyl/N-ethyl adjacent to an activating group) is 1. The predicted octanol–water partition coefficient (Wildman–Crippen LogP) is 0.327. The Morgan fingerprint density at radius 1 is 1.33 bits per heavy atom. The van der Waals surface area contributed by atoms with Gasteiger partial charge in [0.25, 0.3) is 5.91 Å². The number of benzene rings is 1. The number of amides is 1. The first-order valence-corrected chi connectivity index (χ1v) is 5.52. The third kappa shape index (κ3) is 5.20. The van der Waals surface area contributed by atoms with Crippen LogP contribution in [0, 0.1) is 0 Å². The zero-order chi connectivity index (χ0) is 13.4. The van der Waals surface area contributed by atoms with Crippen molar-refractivity contribution >= 4 is 17.6 Å². The van der Waals surface area contributed by atoms with Gasteiger partial charge in [-0.05, 0) is 19.1 Å². The second-order valence-electron chi connectivity index (χ2n) is 3.48. The Labute approximate surface area is 105 Å². The van der Waals surface area contributed by atoms with Crippen molar-refractivity contribution in [3.8, 4) is 5.75 Å². The molecule has 0 unspecified atom stereocenters. The highest BCUT2D eigenvalue weighted by atomic mass is 16.6. The van der Waals surface area contributed by atoms with E-state index in [4.69, 9.17) is 15.2 Å². The molecule has 0 bridgehead atoms. The van der Waals surface area contributed by atoms with E-state index in [1.54, 1.807) is 31.2 Å². The highest BCUT2D eigenvalue weighted by Gasteiger charge is 2.07. The normalized spacial score (nSPS) is 9.61. The van der Waals surface area contributed by atoms with Gasteiger partial charge in [0.1, 0.15) is 5.75 Å². The van der Waals surface area contributed by atoms with Crippen molar-refractivity contribution in [3.05, 3.63) is 24.3 Å². The van der Waals surface area contributed by atoms with E-state index in [0.29, 0.717) is 18.0 Å². The van der Waals surface area contributed by atoms with E-state index in [1.165, 1.54) is 0 Å². The lowest BCUT2D eigenvalue weighted by Gasteiger charge is -2.07. The zero-order valence-corrected chi connectivity index (χ0v) is 10.1. The van der Waals surface area contributed by atoms with E-state index in [9.17, 15) is 9.59 Å². The Kier molecular flexibility index (Phi) is 5.50. The van der Waals surface area contributed by atoms with Gasteiger partial charge in [-0.15, -0.1) is 0 Å². The molecule has 0 aromatic heterocycles. The van der Waals surface area contributed by atoms with Crippen molar-refractivity contribution in [1.29, 1.82) is 0 Å². The third-order valence-corrected chi connectivity index (χ3v) is 1.95. The molecule has 0 radical (unpaired) electrons. The quantitative estimate of drug-likeness (QED) is 0.562. The van der Waals surface area contributed by atoms with Gasteiger partial charge in [-0.3, -0.25) is 4.79 Å². The summed E-state index contributed by atoms with van der Waals surface area (Å²) in [5, 5.41) is 2.51. The lowest BCUT2D eigenvalue weighted by Crippen LogP contribution is -2.29. The van der Waals surface area contributed by atoms with Gasteiger partial charge in [0.05, 0.1) is 0 Å². The summed E-state index contributed by atoms with van der Waals surface area (Å²) in [7, 11) is 0. The van der Waals surface area contributed by atoms with Crippen molar-refractivity contribution in [1.82, 2.24) is 5.32 Å². The molecule has 98 valence electrons. The van der Waals surface area contributed by atoms with Gasteiger partial charge in [0.2, 0.25) is 0 Å². The molecule has 18 heavy (non-hydrogen) atoms. The first-order chi connectivity index (χ1) is 8.61. The Morgan fingerprint density at radius 2 is 2.11 bits per heavy atom. The van der Waals surface area contributed by atoms with E-state index in [2.05, 4.69) is 5.32 Å². The summed E-state index contributed by atoms with van der Waals surface area (Å²) in [6.45, 7) is 1.72. The fourth-order valence-corrected chi connectivity index (χ4v) is 1.18. The Hall–Kier alpha value is -2.24. The van der Waals surface area contributed by atoms with Crippen LogP contribution in [0.4, 0.5) is 5.69 Å². The fourth-order valence-electron chi connectivity index (χ4n) is 1.18. The number of anilines is 1. The molecule has 0 aliphatic heterocycles. The van der Waals surface area contributed by atoms with E-state index in [0.717, 1.165) is 0 Å². The largest absolute Gasteiger partial charge is 0.482 e. The Morgan fingerprint density at radius 3 is 2.78 bits per heavy atom. The zero-order valence-electron chi connectivity index (χ0n) is 10.1. The molecule has 0 saturated carbocycles. The Bertz CT molecular complexity index is 420. The summed E-state index contributed by atoms with van der Waals surface area (Å²) in [5.41, 5.74) is 6.09. The van der Waals surface area contributed by atoms with Crippen molar-refractivity contribution in [2.45, 2.75) is 6.92 Å². The van der Waals surface area contributed by atoms with Crippen molar-refractivity contribution in [2.75, 3.05) is 25.5 Å². The minimum atomic E-state index is -0.608. The minimum Gasteiger partial charge on any atom is -0.482 e. The van der Waals surface area contributed by atoms with Gasteiger partial charge in [0.15, 0.2) is 13.2 Å². The molecule has 6 nitrogen and oxygen atoms in total. The average molecular weight is 252 g/mol. The monoisotopic (exact) mass is 252 g/mol. The molecule has 0 atom stereocenters. The van der Waals surface area contributed by atoms with E-state index in [-0.39, 0.29) is 19.1 Å². The Balaban J connectivity index is 2.27. The maximum absolute atomic E-state index is 11.3. The van der Waals surface area contributed by atoms with Crippen LogP contribution in [-0.4, -0.2) is 31.6 Å². The molecule has 0 saturated heterocycles. The molecule has 1 aromatic carbocycles. The van der Waals surface area contributed by atoms with Gasteiger partial charge in [-0.1, -0.05) is 6.07 Å². The summed E-state index contributed by atoms with van der Waals surface area (Å²) in [4.78, 5) is 22.3. The highest BCUT2D eigenvalue weighted by Crippen LogP contribution is 2.14. The van der Waals surface area contributed by atoms with Gasteiger partial charge in [-0.25, -0.2) is 4.79 Å². The van der Waals surface area contributed by atoms with E-state index < -0.39 is 5.97 Å². The molecule has 6 heteroatoms. The molecule has 0 heterocycles. The number of rotatable bonds is 6. The summed E-state index contributed by atoms with van der Waals surface area (Å²) in [6, 6.07) is 6.69. The summed E-state index contributed by atoms with van der Waals surface area (Å²) < 4.78 is 9.86. The van der Waals surface area contributed by atoms with Crippen molar-refractivity contribution in [3.63, 3.8) is 0 Å². The number of nitrogens with one attached hydrogen (secondary N) is 1. The standard InChI is InChI=1S/C12H16N2O4/c1-2-14-11(15)7-18-12(16)8-17-10-5-3-4-9(13)6-10/h3-6H,2,7-8,13H2,1H3,(H,14,15). The minimum absolute atomic E-state index is 0.261. The molecule has 0 aliphatic carbocycles. The molecular weight excluding hydrogens is 236 g/mol. The van der Waals surface area contributed by atoms with Crippen molar-refractivity contribution in [2.24, 2.45) is 0 Å². The molecule has 1 aromatic rings. The first kappa shape index (κ1) is 13.8. The SMILES string of the molecule is CCNC(=O)COC(=O)COc1cccc(N)c1. The molecule has 0 aliphatic rings. The smallest absolute Gasteiger partial charge is 0.344 e. The molecule has 0 spiro atoms. The number of nitrogens with two attached hydrogens (primary N) is 1. The van der Waals surface area contributed by atoms with Gasteiger partial charge < -0.3 is 20.5 Å². The van der Waals surface area contributed by atoms with Gasteiger partial charge in [0, 0.05) is 18.3 Å². The number of nitrogen functional groups attached to an aromatic ring is 1. The van der Waals surface area contributed by atoms with Crippen LogP contribution in [0.15, 0.2) is 24.3 Å². The lowest BCUT2D eigenvalue weighted by molar-refractivity contribution is -0.150. The predicted molar refractivity (Wildman–Crippen MR) is 66.0 cm³/mol. The summed E-state index contributed by atoms with van der Waals surface area (Å²) >= 11 is 0. The van der Waals surface area contributed by atoms with Crippen LogP contribution in [0.5, 0.6) is 5.75 Å². The fraction of sp³-hybridized carbons (Fsp3) is 0.333. The molecule has 3 N–H and O–H groups in total. The van der Waals surface area contributed by atoms with Crippen LogP contribution in [0.1, 0.15) is 6.92 Å². The molecule has 0 fully saturated rings. The molecule has 1 amide bonds. The van der Waals surface area contributed by atoms with Crippen LogP contribution >= 0.6 is 0 Å². The van der Waals surface area contributed by atoms with Crippen LogP contribution in [0.2, 0.25) is 0 Å². The van der Waals surface area contributed by atoms with Crippen molar-refractivity contribution < 1.29 is 19.1 Å². The van der Waals surface area contributed by atoms with E-state index in [1.807, 2.05) is 0 Å². The second-order valence-corrected chi connectivity index (χ2v) is 3.48. The molecular formula is C12H16N2O4. The lowest BCUT2D eigenvalue weighted by atomic mass is 10.3. The maximum Gasteiger partial charge on any atom is 0.344 e. The average Bonchev–Trinajstić information content (AvgIpc) is 2.34. The van der Waals surface area contributed by atoms with Crippen LogP contribution in [0.3, 0.4) is 0 Å². The van der Waals surface area contributed by atoms with Gasteiger partial charge >= 0.3 is 5.97 Å². The summed E-state index contributed by atoms with van der Waals surface area (Å²) in [5.74, 6) is -0.469. The first-order valence-electron chi connectivity index (χ1n) is 5.52. The van der Waals surface area contributed by atoms with Crippen LogP contribution < -0.4 is 15.8 Å². The van der Waals surface area contributed by atoms with Gasteiger partial charge in [-0.2, -0.15) is 0 Å².